The lowest BCUT2D eigenvalue weighted by Gasteiger charge is -2.06. The third kappa shape index (κ3) is 2.59. The number of carbonyl (C=O) groups is 1. The Kier molecular flexibility index (Phi) is 3.08. The summed E-state index contributed by atoms with van der Waals surface area (Å²) in [5.74, 6) is -0.320. The molecule has 0 fully saturated rings. The van der Waals surface area contributed by atoms with Crippen molar-refractivity contribution in [2.45, 2.75) is 19.5 Å². The van der Waals surface area contributed by atoms with Gasteiger partial charge in [-0.3, -0.25) is 4.79 Å². The lowest BCUT2D eigenvalue weighted by atomic mass is 10.2. The number of aromatic nitrogens is 1. The van der Waals surface area contributed by atoms with Crippen molar-refractivity contribution in [3.8, 4) is 0 Å². The van der Waals surface area contributed by atoms with Gasteiger partial charge in [-0.25, -0.2) is 0 Å². The largest absolute Gasteiger partial charge is 0.368 e. The van der Waals surface area contributed by atoms with Crippen LogP contribution in [0, 0.1) is 0 Å². The molecule has 1 aromatic heterocycles. The van der Waals surface area contributed by atoms with Gasteiger partial charge in [0.25, 0.3) is 0 Å². The fourth-order valence-corrected chi connectivity index (χ4v) is 1.16. The zero-order valence-corrected chi connectivity index (χ0v) is 7.95. The molecule has 1 aromatic rings. The van der Waals surface area contributed by atoms with E-state index in [4.69, 9.17) is 5.73 Å². The zero-order valence-electron chi connectivity index (χ0n) is 7.95. The van der Waals surface area contributed by atoms with Gasteiger partial charge in [0.1, 0.15) is 6.54 Å². The molecule has 0 saturated carbocycles. The van der Waals surface area contributed by atoms with Crippen LogP contribution in [0.2, 0.25) is 0 Å². The molecule has 0 aliphatic carbocycles. The Morgan fingerprint density at radius 1 is 1.77 bits per heavy atom. The number of rotatable bonds is 4. The molecule has 0 saturated heterocycles. The van der Waals surface area contributed by atoms with Crippen LogP contribution in [0.3, 0.4) is 0 Å². The van der Waals surface area contributed by atoms with Gasteiger partial charge >= 0.3 is 0 Å². The predicted octanol–water partition coefficient (Wildman–Crippen LogP) is 0.254. The van der Waals surface area contributed by atoms with Gasteiger partial charge in [0.15, 0.2) is 0 Å². The first-order chi connectivity index (χ1) is 6.13. The van der Waals surface area contributed by atoms with Crippen LogP contribution in [0.4, 0.5) is 0 Å². The minimum Gasteiger partial charge on any atom is -0.368 e. The van der Waals surface area contributed by atoms with E-state index in [1.807, 2.05) is 25.5 Å². The second kappa shape index (κ2) is 4.09. The van der Waals surface area contributed by atoms with Gasteiger partial charge < -0.3 is 15.6 Å². The summed E-state index contributed by atoms with van der Waals surface area (Å²) in [6.07, 6.45) is 3.78. The maximum absolute atomic E-state index is 10.6. The number of carbonyl (C=O) groups excluding carboxylic acids is 1. The maximum Gasteiger partial charge on any atom is 0.237 e. The van der Waals surface area contributed by atoms with E-state index in [2.05, 4.69) is 12.2 Å². The van der Waals surface area contributed by atoms with E-state index < -0.39 is 0 Å². The zero-order chi connectivity index (χ0) is 9.84. The van der Waals surface area contributed by atoms with Crippen molar-refractivity contribution in [1.29, 1.82) is 0 Å². The number of primary amides is 1. The van der Waals surface area contributed by atoms with Gasteiger partial charge in [-0.05, 0) is 25.6 Å². The molecule has 4 heteroatoms. The quantitative estimate of drug-likeness (QED) is 0.699. The van der Waals surface area contributed by atoms with Gasteiger partial charge in [-0.1, -0.05) is 0 Å². The fourth-order valence-electron chi connectivity index (χ4n) is 1.16. The number of hydrogen-bond donors (Lipinski definition) is 2. The molecule has 1 rings (SSSR count). The van der Waals surface area contributed by atoms with E-state index in [0.29, 0.717) is 6.04 Å². The Hall–Kier alpha value is -1.29. The molecule has 72 valence electrons. The first kappa shape index (κ1) is 9.80. The van der Waals surface area contributed by atoms with Crippen molar-refractivity contribution >= 4 is 5.91 Å². The third-order valence-electron chi connectivity index (χ3n) is 2.04. The molecular formula is C9H15N3O. The summed E-state index contributed by atoms with van der Waals surface area (Å²) in [7, 11) is 1.90. The average Bonchev–Trinajstić information content (AvgIpc) is 2.50. The van der Waals surface area contributed by atoms with E-state index >= 15 is 0 Å². The molecule has 0 bridgehead atoms. The molecule has 1 atom stereocenters. The molecule has 3 N–H and O–H groups in total. The molecule has 1 heterocycles. The number of hydrogen-bond acceptors (Lipinski definition) is 2. The molecule has 0 radical (unpaired) electrons. The first-order valence-electron chi connectivity index (χ1n) is 4.24. The van der Waals surface area contributed by atoms with Crippen LogP contribution in [0.1, 0.15) is 18.5 Å². The summed E-state index contributed by atoms with van der Waals surface area (Å²) in [4.78, 5) is 10.6. The summed E-state index contributed by atoms with van der Waals surface area (Å²) >= 11 is 0. The highest BCUT2D eigenvalue weighted by Gasteiger charge is 2.04. The summed E-state index contributed by atoms with van der Waals surface area (Å²) in [6.45, 7) is 2.31. The van der Waals surface area contributed by atoms with Gasteiger partial charge in [-0.2, -0.15) is 0 Å². The molecule has 4 nitrogen and oxygen atoms in total. The second-order valence-electron chi connectivity index (χ2n) is 3.09. The van der Waals surface area contributed by atoms with Crippen molar-refractivity contribution in [3.05, 3.63) is 24.0 Å². The van der Waals surface area contributed by atoms with Gasteiger partial charge in [-0.15, -0.1) is 0 Å². The molecule has 0 spiro atoms. The molecule has 0 aromatic carbocycles. The molecule has 1 unspecified atom stereocenters. The van der Waals surface area contributed by atoms with Crippen molar-refractivity contribution in [3.63, 3.8) is 0 Å². The highest BCUT2D eigenvalue weighted by atomic mass is 16.1. The Balaban J connectivity index is 2.68. The number of amides is 1. The van der Waals surface area contributed by atoms with Crippen LogP contribution in [-0.2, 0) is 11.3 Å². The standard InChI is InChI=1S/C9H15N3O/c1-7(11-2)8-3-4-12(5-8)6-9(10)13/h3-5,7,11H,6H2,1-2H3,(H2,10,13). The van der Waals surface area contributed by atoms with Crippen molar-refractivity contribution in [1.82, 2.24) is 9.88 Å². The van der Waals surface area contributed by atoms with Gasteiger partial charge in [0.05, 0.1) is 0 Å². The van der Waals surface area contributed by atoms with Crippen LogP contribution >= 0.6 is 0 Å². The molecular weight excluding hydrogens is 166 g/mol. The Morgan fingerprint density at radius 2 is 2.46 bits per heavy atom. The number of nitrogens with one attached hydrogen (secondary N) is 1. The van der Waals surface area contributed by atoms with E-state index in [1.165, 1.54) is 0 Å². The second-order valence-corrected chi connectivity index (χ2v) is 3.09. The summed E-state index contributed by atoms with van der Waals surface area (Å²) in [5, 5.41) is 3.12. The van der Waals surface area contributed by atoms with Crippen LogP contribution < -0.4 is 11.1 Å². The minimum atomic E-state index is -0.320. The Labute approximate surface area is 77.7 Å². The van der Waals surface area contributed by atoms with Gasteiger partial charge in [0, 0.05) is 18.4 Å². The summed E-state index contributed by atoms with van der Waals surface area (Å²) in [5.41, 5.74) is 6.22. The molecule has 13 heavy (non-hydrogen) atoms. The van der Waals surface area contributed by atoms with E-state index in [9.17, 15) is 4.79 Å². The molecule has 0 aliphatic heterocycles. The average molecular weight is 181 g/mol. The smallest absolute Gasteiger partial charge is 0.237 e. The first-order valence-corrected chi connectivity index (χ1v) is 4.24. The SMILES string of the molecule is CNC(C)c1ccn(CC(N)=O)c1. The number of nitrogens with zero attached hydrogens (tertiary/aromatic N) is 1. The normalized spacial score (nSPS) is 12.8. The van der Waals surface area contributed by atoms with E-state index in [1.54, 1.807) is 4.57 Å². The van der Waals surface area contributed by atoms with Crippen LogP contribution in [-0.4, -0.2) is 17.5 Å². The van der Waals surface area contributed by atoms with E-state index in [-0.39, 0.29) is 12.5 Å². The predicted molar refractivity (Wildman–Crippen MR) is 51.1 cm³/mol. The molecule has 1 amide bonds. The molecule has 0 aliphatic rings. The van der Waals surface area contributed by atoms with Crippen molar-refractivity contribution in [2.24, 2.45) is 5.73 Å². The summed E-state index contributed by atoms with van der Waals surface area (Å²) in [6, 6.07) is 2.28. The lowest BCUT2D eigenvalue weighted by Crippen LogP contribution is -2.17. The van der Waals surface area contributed by atoms with Crippen LogP contribution in [0.25, 0.3) is 0 Å². The van der Waals surface area contributed by atoms with Crippen LogP contribution in [0.15, 0.2) is 18.5 Å². The minimum absolute atomic E-state index is 0.246. The van der Waals surface area contributed by atoms with Crippen molar-refractivity contribution in [2.75, 3.05) is 7.05 Å². The summed E-state index contributed by atoms with van der Waals surface area (Å²) < 4.78 is 1.78. The highest BCUT2D eigenvalue weighted by Crippen LogP contribution is 2.11. The van der Waals surface area contributed by atoms with Crippen molar-refractivity contribution < 1.29 is 4.79 Å². The Morgan fingerprint density at radius 3 is 3.00 bits per heavy atom. The number of nitrogens with two attached hydrogens (primary N) is 1. The lowest BCUT2D eigenvalue weighted by molar-refractivity contribution is -0.118. The Bertz CT molecular complexity index is 293. The monoisotopic (exact) mass is 181 g/mol. The van der Waals surface area contributed by atoms with Crippen LogP contribution in [0.5, 0.6) is 0 Å². The van der Waals surface area contributed by atoms with Gasteiger partial charge in [0.2, 0.25) is 5.91 Å². The fraction of sp³-hybridized carbons (Fsp3) is 0.444. The highest BCUT2D eigenvalue weighted by molar-refractivity contribution is 5.73. The maximum atomic E-state index is 10.6. The topological polar surface area (TPSA) is 60.1 Å². The third-order valence-corrected chi connectivity index (χ3v) is 2.04. The van der Waals surface area contributed by atoms with E-state index in [0.717, 1.165) is 5.56 Å².